The van der Waals surface area contributed by atoms with Crippen molar-refractivity contribution in [3.05, 3.63) is 47.6 Å². The summed E-state index contributed by atoms with van der Waals surface area (Å²) in [5.74, 6) is 1.37. The van der Waals surface area contributed by atoms with Gasteiger partial charge < -0.3 is 14.9 Å². The number of aliphatic hydroxyl groups excluding tert-OH is 1. The Balaban J connectivity index is 1.51. The van der Waals surface area contributed by atoms with Crippen LogP contribution < -0.4 is 5.32 Å². The second-order valence-electron chi connectivity index (χ2n) is 7.01. The van der Waals surface area contributed by atoms with Crippen molar-refractivity contribution >= 4 is 0 Å². The Bertz CT molecular complexity index is 624. The Labute approximate surface area is 137 Å². The Kier molecular flexibility index (Phi) is 4.78. The molecule has 2 aromatic heterocycles. The lowest BCUT2D eigenvalue weighted by Crippen LogP contribution is -2.57. The number of aliphatic hydroxyl groups is 1. The quantitative estimate of drug-likeness (QED) is 0.820. The number of pyridine rings is 1. The molecule has 2 heterocycles. The fraction of sp³-hybridized carbons (Fsp3) is 0.556. The lowest BCUT2D eigenvalue weighted by Gasteiger charge is -2.52. The molecule has 0 amide bonds. The minimum absolute atomic E-state index is 0.102. The van der Waals surface area contributed by atoms with Gasteiger partial charge in [0.05, 0.1) is 12.3 Å². The second kappa shape index (κ2) is 6.81. The predicted molar refractivity (Wildman–Crippen MR) is 87.7 cm³/mol. The van der Waals surface area contributed by atoms with Gasteiger partial charge in [0.15, 0.2) is 0 Å². The summed E-state index contributed by atoms with van der Waals surface area (Å²) in [5.41, 5.74) is 2.51. The predicted octanol–water partition coefficient (Wildman–Crippen LogP) is 2.35. The van der Waals surface area contributed by atoms with Gasteiger partial charge in [-0.05, 0) is 41.9 Å². The number of nitrogens with zero attached hydrogens (tertiary/aromatic N) is 2. The highest BCUT2D eigenvalue weighted by Gasteiger charge is 2.47. The van der Waals surface area contributed by atoms with E-state index in [1.54, 1.807) is 0 Å². The van der Waals surface area contributed by atoms with Gasteiger partial charge in [-0.1, -0.05) is 19.0 Å². The maximum atomic E-state index is 8.94. The van der Waals surface area contributed by atoms with E-state index in [2.05, 4.69) is 29.3 Å². The van der Waals surface area contributed by atoms with Gasteiger partial charge in [-0.2, -0.15) is 0 Å². The zero-order chi connectivity index (χ0) is 16.3. The van der Waals surface area contributed by atoms with E-state index < -0.39 is 0 Å². The van der Waals surface area contributed by atoms with Crippen molar-refractivity contribution in [3.8, 4) is 0 Å². The van der Waals surface area contributed by atoms with Gasteiger partial charge >= 0.3 is 0 Å². The summed E-state index contributed by atoms with van der Waals surface area (Å²) in [6.07, 6.45) is 6.30. The van der Waals surface area contributed by atoms with E-state index in [4.69, 9.17) is 9.63 Å². The van der Waals surface area contributed by atoms with Crippen LogP contribution in [0.3, 0.4) is 0 Å². The van der Waals surface area contributed by atoms with Crippen LogP contribution in [0.15, 0.2) is 35.1 Å². The Morgan fingerprint density at radius 2 is 2.13 bits per heavy atom. The molecule has 0 bridgehead atoms. The minimum atomic E-state index is 0.102. The van der Waals surface area contributed by atoms with Gasteiger partial charge in [0, 0.05) is 37.5 Å². The fourth-order valence-electron chi connectivity index (χ4n) is 3.38. The molecule has 1 aliphatic carbocycles. The summed E-state index contributed by atoms with van der Waals surface area (Å²) in [6.45, 7) is 5.62. The molecule has 124 valence electrons. The van der Waals surface area contributed by atoms with Crippen LogP contribution in [0.1, 0.15) is 37.3 Å². The molecule has 2 unspecified atom stereocenters. The van der Waals surface area contributed by atoms with E-state index in [9.17, 15) is 0 Å². The molecular formula is C18H25N3O2. The molecule has 2 N–H and O–H groups in total. The smallest absolute Gasteiger partial charge is 0.139 e. The van der Waals surface area contributed by atoms with Crippen LogP contribution in [0.2, 0.25) is 0 Å². The third kappa shape index (κ3) is 3.62. The number of hydrogen-bond acceptors (Lipinski definition) is 5. The molecule has 2 aromatic rings. The lowest BCUT2D eigenvalue weighted by molar-refractivity contribution is 0.0125. The molecule has 2 atom stereocenters. The summed E-state index contributed by atoms with van der Waals surface area (Å²) >= 11 is 0. The van der Waals surface area contributed by atoms with Crippen molar-refractivity contribution in [2.45, 2.75) is 45.7 Å². The highest BCUT2D eigenvalue weighted by molar-refractivity contribution is 5.13. The van der Waals surface area contributed by atoms with Gasteiger partial charge in [-0.3, -0.25) is 4.98 Å². The largest absolute Gasteiger partial charge is 0.396 e. The fourth-order valence-corrected chi connectivity index (χ4v) is 3.38. The van der Waals surface area contributed by atoms with Crippen LogP contribution in [0.5, 0.6) is 0 Å². The number of rotatable bonds is 7. The van der Waals surface area contributed by atoms with Gasteiger partial charge in [0.1, 0.15) is 5.76 Å². The van der Waals surface area contributed by atoms with Crippen LogP contribution >= 0.6 is 0 Å². The normalized spacial score (nSPS) is 22.7. The summed E-state index contributed by atoms with van der Waals surface area (Å²) in [6, 6.07) is 6.59. The van der Waals surface area contributed by atoms with E-state index in [-0.39, 0.29) is 12.0 Å². The maximum absolute atomic E-state index is 8.94. The van der Waals surface area contributed by atoms with Crippen molar-refractivity contribution < 1.29 is 9.63 Å². The monoisotopic (exact) mass is 315 g/mol. The van der Waals surface area contributed by atoms with Crippen molar-refractivity contribution in [1.29, 1.82) is 0 Å². The molecular weight excluding hydrogens is 290 g/mol. The molecule has 0 saturated heterocycles. The molecule has 5 nitrogen and oxygen atoms in total. The number of hydrogen-bond donors (Lipinski definition) is 2. The average Bonchev–Trinajstić information content (AvgIpc) is 2.99. The van der Waals surface area contributed by atoms with E-state index >= 15 is 0 Å². The Morgan fingerprint density at radius 3 is 2.83 bits per heavy atom. The highest BCUT2D eigenvalue weighted by Crippen LogP contribution is 2.47. The molecule has 1 fully saturated rings. The van der Waals surface area contributed by atoms with E-state index in [1.165, 1.54) is 5.56 Å². The van der Waals surface area contributed by atoms with E-state index in [1.807, 2.05) is 30.6 Å². The summed E-state index contributed by atoms with van der Waals surface area (Å²) < 4.78 is 5.24. The average molecular weight is 315 g/mol. The first-order valence-corrected chi connectivity index (χ1v) is 8.27. The molecule has 0 spiro atoms. The molecule has 3 rings (SSSR count). The van der Waals surface area contributed by atoms with Gasteiger partial charge in [0.25, 0.3) is 0 Å². The third-order valence-electron chi connectivity index (χ3n) is 5.19. The molecule has 0 aliphatic heterocycles. The van der Waals surface area contributed by atoms with Gasteiger partial charge in [0.2, 0.25) is 0 Å². The van der Waals surface area contributed by atoms with Gasteiger partial charge in [-0.25, -0.2) is 0 Å². The zero-order valence-corrected chi connectivity index (χ0v) is 13.8. The van der Waals surface area contributed by atoms with Crippen LogP contribution in [0.4, 0.5) is 0 Å². The Morgan fingerprint density at radius 1 is 1.35 bits per heavy atom. The first-order chi connectivity index (χ1) is 11.1. The van der Waals surface area contributed by atoms with Crippen molar-refractivity contribution in [1.82, 2.24) is 15.5 Å². The number of aromatic nitrogens is 2. The second-order valence-corrected chi connectivity index (χ2v) is 7.01. The third-order valence-corrected chi connectivity index (χ3v) is 5.19. The van der Waals surface area contributed by atoms with Crippen LogP contribution in [-0.2, 0) is 19.4 Å². The molecule has 1 aliphatic rings. The van der Waals surface area contributed by atoms with Crippen LogP contribution in [-0.4, -0.2) is 27.9 Å². The lowest BCUT2D eigenvalue weighted by atomic mass is 9.57. The molecule has 5 heteroatoms. The molecule has 0 radical (unpaired) electrons. The van der Waals surface area contributed by atoms with E-state index in [0.717, 1.165) is 30.8 Å². The minimum Gasteiger partial charge on any atom is -0.396 e. The van der Waals surface area contributed by atoms with E-state index in [0.29, 0.717) is 18.4 Å². The molecule has 1 saturated carbocycles. The maximum Gasteiger partial charge on any atom is 0.139 e. The summed E-state index contributed by atoms with van der Waals surface area (Å²) in [7, 11) is 0. The topological polar surface area (TPSA) is 71.2 Å². The van der Waals surface area contributed by atoms with Gasteiger partial charge in [-0.15, -0.1) is 0 Å². The first-order valence-electron chi connectivity index (χ1n) is 8.27. The zero-order valence-electron chi connectivity index (χ0n) is 13.8. The first kappa shape index (κ1) is 16.1. The number of nitrogens with one attached hydrogen (secondary N) is 1. The standard InChI is InChI=1S/C18H25N3O2/c1-18(2)14(9-15-11-16(5-8-22)23-21-15)10-17(18)20-12-13-3-6-19-7-4-13/h3-4,6-7,11,14,17,20,22H,5,8-10,12H2,1-2H3. The highest BCUT2D eigenvalue weighted by atomic mass is 16.5. The molecule has 23 heavy (non-hydrogen) atoms. The van der Waals surface area contributed by atoms with Crippen molar-refractivity contribution in [3.63, 3.8) is 0 Å². The SMILES string of the molecule is CC1(C)C(Cc2cc(CCO)on2)CC1NCc1ccncc1. The Hall–Kier alpha value is -1.72. The summed E-state index contributed by atoms with van der Waals surface area (Å²) in [4.78, 5) is 4.05. The molecule has 0 aromatic carbocycles. The van der Waals surface area contributed by atoms with Crippen LogP contribution in [0.25, 0.3) is 0 Å². The van der Waals surface area contributed by atoms with Crippen molar-refractivity contribution in [2.24, 2.45) is 11.3 Å². The van der Waals surface area contributed by atoms with Crippen molar-refractivity contribution in [2.75, 3.05) is 6.61 Å². The van der Waals surface area contributed by atoms with Crippen LogP contribution in [0, 0.1) is 11.3 Å². The summed E-state index contributed by atoms with van der Waals surface area (Å²) in [5, 5.41) is 16.7.